The van der Waals surface area contributed by atoms with Crippen LogP contribution in [-0.2, 0) is 57.8 Å². The third kappa shape index (κ3) is 23.4. The van der Waals surface area contributed by atoms with E-state index in [1.807, 2.05) is 77.5 Å². The summed E-state index contributed by atoms with van der Waals surface area (Å²) in [6.45, 7) is 21.2. The van der Waals surface area contributed by atoms with Crippen molar-refractivity contribution in [1.29, 1.82) is 0 Å². The number of hydrogen-bond donors (Lipinski definition) is 4. The number of carbonyl (C=O) groups is 4. The molecule has 84 heavy (non-hydrogen) atoms. The van der Waals surface area contributed by atoms with Gasteiger partial charge in [0, 0.05) is 123 Å². The number of nitrogens with zero attached hydrogens (tertiary/aromatic N) is 5. The molecule has 19 heteroatoms. The number of carboxylic acids is 1. The van der Waals surface area contributed by atoms with Crippen LogP contribution in [0.15, 0.2) is 132 Å². The van der Waals surface area contributed by atoms with Crippen LogP contribution in [-0.4, -0.2) is 141 Å². The van der Waals surface area contributed by atoms with E-state index in [9.17, 15) is 24.3 Å². The topological polar surface area (TPSA) is 173 Å². The van der Waals surface area contributed by atoms with Crippen LogP contribution in [0.4, 0.5) is 21.0 Å². The Morgan fingerprint density at radius 3 is 1.62 bits per heavy atom. The van der Waals surface area contributed by atoms with Gasteiger partial charge in [-0.3, -0.25) is 9.59 Å². The van der Waals surface area contributed by atoms with E-state index < -0.39 is 29.2 Å². The van der Waals surface area contributed by atoms with Gasteiger partial charge in [0.1, 0.15) is 11.2 Å². The number of aliphatic carboxylic acids is 1. The van der Waals surface area contributed by atoms with E-state index in [0.717, 1.165) is 89.4 Å². The van der Waals surface area contributed by atoms with Crippen LogP contribution in [0.5, 0.6) is 0 Å². The second kappa shape index (κ2) is 33.5. The minimum Gasteiger partial charge on any atom is -0.481 e. The van der Waals surface area contributed by atoms with Gasteiger partial charge in [0.25, 0.3) is 0 Å². The Bertz CT molecular complexity index is 2920. The van der Waals surface area contributed by atoms with Crippen molar-refractivity contribution < 1.29 is 33.8 Å². The molecule has 5 N–H and O–H groups in total. The van der Waals surface area contributed by atoms with Crippen LogP contribution in [0.3, 0.4) is 0 Å². The molecule has 2 aromatic heterocycles. The fourth-order valence-electron chi connectivity index (χ4n) is 9.67. The van der Waals surface area contributed by atoms with Crippen molar-refractivity contribution in [3.63, 3.8) is 0 Å². The molecule has 2 atom stereocenters. The number of thiophene rings is 2. The Morgan fingerprint density at radius 1 is 0.631 bits per heavy atom. The predicted octanol–water partition coefficient (Wildman–Crippen LogP) is 11.8. The number of amides is 3. The van der Waals surface area contributed by atoms with Crippen LogP contribution in [0.1, 0.15) is 73.6 Å². The van der Waals surface area contributed by atoms with Gasteiger partial charge in [0.15, 0.2) is 0 Å². The summed E-state index contributed by atoms with van der Waals surface area (Å²) < 4.78 is 10.6. The number of alkyl carbamates (subject to hydrolysis) is 1. The number of anilines is 2. The first-order valence-electron chi connectivity index (χ1n) is 28.9. The van der Waals surface area contributed by atoms with Crippen LogP contribution < -0.4 is 26.2 Å². The molecule has 2 aliphatic heterocycles. The first-order valence-corrected chi connectivity index (χ1v) is 31.4. The SMILES string of the molecule is CC(C)(C)OC(=O)NCC(Cc1ccc(Cl)cc1)C(=O)O.CN(CCc1cccs1)Cc1ccccc1N1CCN(C(=O)OC(C)(C)C)CC1.NCC(Cc1ccc(Cl)cc1)C(=O)N1CCN(c2ccccc2CNCCc2cccs2)CC1. The Morgan fingerprint density at radius 2 is 1.12 bits per heavy atom. The van der Waals surface area contributed by atoms with Gasteiger partial charge < -0.3 is 55.4 Å². The molecular weight excluding hydrogens is 1140 g/mol. The summed E-state index contributed by atoms with van der Waals surface area (Å²) in [4.78, 5) is 62.1. The molecule has 0 radical (unpaired) electrons. The molecule has 4 aromatic carbocycles. The second-order valence-electron chi connectivity index (χ2n) is 23.1. The van der Waals surface area contributed by atoms with Crippen molar-refractivity contribution in [2.75, 3.05) is 95.4 Å². The highest BCUT2D eigenvalue weighted by atomic mass is 35.5. The maximum atomic E-state index is 13.2. The molecule has 2 aliphatic rings. The average Bonchev–Trinajstić information content (AvgIpc) is 4.31. The number of para-hydroxylation sites is 2. The van der Waals surface area contributed by atoms with Gasteiger partial charge in [-0.1, -0.05) is 96.0 Å². The highest BCUT2D eigenvalue weighted by Gasteiger charge is 2.29. The highest BCUT2D eigenvalue weighted by Crippen LogP contribution is 2.26. The molecule has 2 unspecified atom stereocenters. The zero-order chi connectivity index (χ0) is 60.7. The van der Waals surface area contributed by atoms with Gasteiger partial charge in [-0.15, -0.1) is 22.7 Å². The van der Waals surface area contributed by atoms with Gasteiger partial charge >= 0.3 is 18.2 Å². The Hall–Kier alpha value is -6.18. The number of nitrogens with one attached hydrogen (secondary N) is 2. The number of ether oxygens (including phenoxy) is 2. The lowest BCUT2D eigenvalue weighted by atomic mass is 9.97. The Kier molecular flexibility index (Phi) is 26.7. The molecule has 15 nitrogen and oxygen atoms in total. The number of nitrogens with two attached hydrogens (primary N) is 1. The third-order valence-electron chi connectivity index (χ3n) is 14.1. The van der Waals surface area contributed by atoms with Crippen molar-refractivity contribution >= 4 is 81.3 Å². The fourth-order valence-corrected chi connectivity index (χ4v) is 11.3. The van der Waals surface area contributed by atoms with Crippen molar-refractivity contribution in [2.45, 2.75) is 91.5 Å². The van der Waals surface area contributed by atoms with E-state index >= 15 is 0 Å². The molecule has 0 aliphatic carbocycles. The molecule has 0 bridgehead atoms. The smallest absolute Gasteiger partial charge is 0.410 e. The van der Waals surface area contributed by atoms with E-state index in [1.165, 1.54) is 32.3 Å². The van der Waals surface area contributed by atoms with Crippen LogP contribution >= 0.6 is 45.9 Å². The molecule has 8 rings (SSSR count). The monoisotopic (exact) mass is 1220 g/mol. The third-order valence-corrected chi connectivity index (χ3v) is 16.4. The number of carbonyl (C=O) groups excluding carboxylic acids is 3. The van der Waals surface area contributed by atoms with E-state index in [2.05, 4.69) is 116 Å². The van der Waals surface area contributed by atoms with E-state index in [0.29, 0.717) is 42.5 Å². The highest BCUT2D eigenvalue weighted by molar-refractivity contribution is 7.10. The number of halogens is 2. The molecule has 0 spiro atoms. The zero-order valence-corrected chi connectivity index (χ0v) is 53.0. The first-order chi connectivity index (χ1) is 40.1. The summed E-state index contributed by atoms with van der Waals surface area (Å²) in [7, 11) is 2.19. The van der Waals surface area contributed by atoms with Crippen LogP contribution in [0, 0.1) is 11.8 Å². The van der Waals surface area contributed by atoms with E-state index in [4.69, 9.17) is 38.4 Å². The maximum absolute atomic E-state index is 13.2. The predicted molar refractivity (Wildman–Crippen MR) is 344 cm³/mol. The Balaban J connectivity index is 0.000000208. The van der Waals surface area contributed by atoms with E-state index in [-0.39, 0.29) is 24.5 Å². The van der Waals surface area contributed by atoms with Gasteiger partial charge in [-0.2, -0.15) is 0 Å². The van der Waals surface area contributed by atoms with Gasteiger partial charge in [-0.05, 0) is 156 Å². The lowest BCUT2D eigenvalue weighted by Gasteiger charge is -2.38. The number of likely N-dealkylation sites (N-methyl/N-ethyl adjacent to an activating group) is 1. The zero-order valence-electron chi connectivity index (χ0n) is 49.9. The number of piperazine rings is 2. The van der Waals surface area contributed by atoms with E-state index in [1.54, 1.807) is 45.0 Å². The lowest BCUT2D eigenvalue weighted by molar-refractivity contribution is -0.141. The van der Waals surface area contributed by atoms with Crippen molar-refractivity contribution in [2.24, 2.45) is 17.6 Å². The van der Waals surface area contributed by atoms with Crippen LogP contribution in [0.25, 0.3) is 0 Å². The molecular formula is C65H86Cl2N8O7S2. The number of rotatable bonds is 21. The van der Waals surface area contributed by atoms with Gasteiger partial charge in [-0.25, -0.2) is 9.59 Å². The largest absolute Gasteiger partial charge is 0.481 e. The lowest BCUT2D eigenvalue weighted by Crippen LogP contribution is -2.51. The molecule has 2 fully saturated rings. The maximum Gasteiger partial charge on any atom is 0.410 e. The van der Waals surface area contributed by atoms with Gasteiger partial charge in [0.2, 0.25) is 5.91 Å². The summed E-state index contributed by atoms with van der Waals surface area (Å²) in [6, 6.07) is 40.5. The minimum absolute atomic E-state index is 0.00682. The molecule has 6 aromatic rings. The average molecular weight is 1230 g/mol. The van der Waals surface area contributed by atoms with Gasteiger partial charge in [0.05, 0.1) is 11.8 Å². The number of carboxylic acid groups (broad SMARTS) is 1. The quantitative estimate of drug-likeness (QED) is 0.0503. The molecule has 2 saturated heterocycles. The molecule has 3 amide bonds. The summed E-state index contributed by atoms with van der Waals surface area (Å²) >= 11 is 15.4. The van der Waals surface area contributed by atoms with Crippen LogP contribution in [0.2, 0.25) is 10.0 Å². The summed E-state index contributed by atoms with van der Waals surface area (Å²) in [5.74, 6) is -1.74. The first kappa shape index (κ1) is 67.0. The standard InChI is InChI=1S/C27H33ClN4OS.C23H33N3O2S.C15H20ClNO4/c28-24-9-7-21(8-10-24)18-23(19-29)27(33)32-15-13-31(14-16-32)26-6-2-1-4-22(26)20-30-12-11-25-5-3-17-34-25;1-23(2,3)28-22(27)26-15-13-25(14-16-26)21-10-6-5-8-19(21)18-24(4)12-11-20-9-7-17-29-20;1-15(2,3)21-14(20)17-9-11(13(18)19)8-10-4-6-12(16)7-5-10/h1-10,17,23,30H,11-16,18-20,29H2;5-10,17H,11-16,18H2,1-4H3;4-7,11H,8-9H2,1-3H3,(H,17,20)(H,18,19). The molecule has 0 saturated carbocycles. The normalized spacial score (nSPS) is 14.4. The molecule has 454 valence electrons. The van der Waals surface area contributed by atoms with Crippen molar-refractivity contribution in [3.05, 3.63) is 174 Å². The summed E-state index contributed by atoms with van der Waals surface area (Å²) in [5.41, 5.74) is 12.0. The number of benzene rings is 4. The minimum atomic E-state index is -0.971. The second-order valence-corrected chi connectivity index (χ2v) is 26.0. The van der Waals surface area contributed by atoms with Crippen molar-refractivity contribution in [3.8, 4) is 0 Å². The van der Waals surface area contributed by atoms with Crippen molar-refractivity contribution in [1.82, 2.24) is 25.3 Å². The molecule has 4 heterocycles. The summed E-state index contributed by atoms with van der Waals surface area (Å²) in [5, 5.41) is 20.9. The number of hydrogen-bond acceptors (Lipinski definition) is 13. The fraction of sp³-hybridized carbons (Fsp3) is 0.446. The summed E-state index contributed by atoms with van der Waals surface area (Å²) in [6.07, 6.45) is 2.27. The Labute approximate surface area is 516 Å².